The molecule has 16 heavy (non-hydrogen) atoms. The molecule has 0 unspecified atom stereocenters. The summed E-state index contributed by atoms with van der Waals surface area (Å²) in [5.74, 6) is 6.53. The molecule has 94 valence electrons. The van der Waals surface area contributed by atoms with Crippen LogP contribution in [0.15, 0.2) is 0 Å². The van der Waals surface area contributed by atoms with Crippen LogP contribution < -0.4 is 0 Å². The normalized spacial score (nSPS) is 9.88. The SMILES string of the molecule is CCCCC#CCCCCCCCCCBr. The van der Waals surface area contributed by atoms with E-state index in [4.69, 9.17) is 0 Å². The van der Waals surface area contributed by atoms with Crippen molar-refractivity contribution in [3.05, 3.63) is 0 Å². The van der Waals surface area contributed by atoms with Crippen LogP contribution in [0.2, 0.25) is 0 Å². The van der Waals surface area contributed by atoms with Crippen LogP contribution in [0.3, 0.4) is 0 Å². The second kappa shape index (κ2) is 15.0. The van der Waals surface area contributed by atoms with Gasteiger partial charge in [0.1, 0.15) is 0 Å². The molecule has 0 aromatic rings. The van der Waals surface area contributed by atoms with Crippen LogP contribution in [0.4, 0.5) is 0 Å². The first-order chi connectivity index (χ1) is 7.91. The summed E-state index contributed by atoms with van der Waals surface area (Å²) in [7, 11) is 0. The van der Waals surface area contributed by atoms with E-state index in [-0.39, 0.29) is 0 Å². The lowest BCUT2D eigenvalue weighted by Gasteiger charge is -1.98. The molecule has 0 aromatic heterocycles. The molecule has 0 aliphatic rings. The highest BCUT2D eigenvalue weighted by Gasteiger charge is 1.90. The molecule has 0 saturated carbocycles. The fourth-order valence-corrected chi connectivity index (χ4v) is 2.03. The fraction of sp³-hybridized carbons (Fsp3) is 0.867. The average Bonchev–Trinajstić information content (AvgIpc) is 2.31. The van der Waals surface area contributed by atoms with E-state index in [0.29, 0.717) is 0 Å². The van der Waals surface area contributed by atoms with Crippen LogP contribution in [0.5, 0.6) is 0 Å². The molecule has 0 N–H and O–H groups in total. The van der Waals surface area contributed by atoms with E-state index in [1.807, 2.05) is 0 Å². The van der Waals surface area contributed by atoms with Crippen LogP contribution >= 0.6 is 15.9 Å². The standard InChI is InChI=1S/C15H27Br/c1-2-3-4-5-6-7-8-9-10-11-12-13-14-15-16/h2-4,7-15H2,1H3. The molecule has 0 fully saturated rings. The van der Waals surface area contributed by atoms with Gasteiger partial charge in [-0.05, 0) is 19.3 Å². The third-order valence-corrected chi connectivity index (χ3v) is 3.28. The largest absolute Gasteiger partial charge is 0.103 e. The van der Waals surface area contributed by atoms with Gasteiger partial charge in [0, 0.05) is 18.2 Å². The maximum Gasteiger partial charge on any atom is 0.00886 e. The monoisotopic (exact) mass is 286 g/mol. The summed E-state index contributed by atoms with van der Waals surface area (Å²) in [6.07, 6.45) is 14.4. The second-order valence-corrected chi connectivity index (χ2v) is 5.16. The zero-order valence-electron chi connectivity index (χ0n) is 10.9. The van der Waals surface area contributed by atoms with Gasteiger partial charge in [-0.1, -0.05) is 61.4 Å². The van der Waals surface area contributed by atoms with Gasteiger partial charge in [-0.15, -0.1) is 11.8 Å². The lowest BCUT2D eigenvalue weighted by molar-refractivity contribution is 0.596. The van der Waals surface area contributed by atoms with Gasteiger partial charge in [0.2, 0.25) is 0 Å². The first-order valence-electron chi connectivity index (χ1n) is 6.93. The average molecular weight is 287 g/mol. The molecular weight excluding hydrogens is 260 g/mol. The van der Waals surface area contributed by atoms with Crippen LogP contribution in [0.25, 0.3) is 0 Å². The number of halogens is 1. The zero-order chi connectivity index (χ0) is 11.9. The van der Waals surface area contributed by atoms with E-state index in [2.05, 4.69) is 34.7 Å². The molecule has 0 spiro atoms. The van der Waals surface area contributed by atoms with E-state index in [9.17, 15) is 0 Å². The number of hydrogen-bond acceptors (Lipinski definition) is 0. The summed E-state index contributed by atoms with van der Waals surface area (Å²) in [6, 6.07) is 0. The number of rotatable bonds is 10. The third kappa shape index (κ3) is 14.0. The quantitative estimate of drug-likeness (QED) is 0.275. The third-order valence-electron chi connectivity index (χ3n) is 2.72. The molecule has 0 nitrogen and oxygen atoms in total. The van der Waals surface area contributed by atoms with E-state index >= 15 is 0 Å². The van der Waals surface area contributed by atoms with Gasteiger partial charge in [0.25, 0.3) is 0 Å². The summed E-state index contributed by atoms with van der Waals surface area (Å²) < 4.78 is 0. The zero-order valence-corrected chi connectivity index (χ0v) is 12.4. The summed E-state index contributed by atoms with van der Waals surface area (Å²) in [5, 5.41) is 1.17. The summed E-state index contributed by atoms with van der Waals surface area (Å²) in [4.78, 5) is 0. The lowest BCUT2D eigenvalue weighted by Crippen LogP contribution is -1.81. The van der Waals surface area contributed by atoms with Gasteiger partial charge in [-0.2, -0.15) is 0 Å². The number of hydrogen-bond donors (Lipinski definition) is 0. The van der Waals surface area contributed by atoms with E-state index < -0.39 is 0 Å². The Labute approximate surface area is 111 Å². The summed E-state index contributed by atoms with van der Waals surface area (Å²) in [5.41, 5.74) is 0. The maximum absolute atomic E-state index is 3.46. The predicted octanol–water partition coefficient (Wildman–Crippen LogP) is 5.70. The Morgan fingerprint density at radius 3 is 1.75 bits per heavy atom. The number of unbranched alkanes of at least 4 members (excludes halogenated alkanes) is 9. The molecule has 0 aliphatic heterocycles. The van der Waals surface area contributed by atoms with Crippen molar-refractivity contribution in [1.29, 1.82) is 0 Å². The van der Waals surface area contributed by atoms with E-state index in [0.717, 1.165) is 12.8 Å². The minimum Gasteiger partial charge on any atom is -0.103 e. The Balaban J connectivity index is 2.99. The smallest absolute Gasteiger partial charge is 0.00886 e. The van der Waals surface area contributed by atoms with Gasteiger partial charge in [0.15, 0.2) is 0 Å². The topological polar surface area (TPSA) is 0 Å². The van der Waals surface area contributed by atoms with Crippen LogP contribution in [0.1, 0.15) is 77.6 Å². The van der Waals surface area contributed by atoms with E-state index in [1.165, 1.54) is 63.1 Å². The molecule has 0 amide bonds. The first kappa shape index (κ1) is 16.0. The molecule has 0 radical (unpaired) electrons. The van der Waals surface area contributed by atoms with Crippen molar-refractivity contribution < 1.29 is 0 Å². The molecule has 0 heterocycles. The van der Waals surface area contributed by atoms with Gasteiger partial charge in [0.05, 0.1) is 0 Å². The van der Waals surface area contributed by atoms with Crippen LogP contribution in [-0.2, 0) is 0 Å². The molecule has 0 bridgehead atoms. The van der Waals surface area contributed by atoms with Crippen molar-refractivity contribution in [2.45, 2.75) is 77.6 Å². The molecule has 0 saturated heterocycles. The van der Waals surface area contributed by atoms with Gasteiger partial charge in [-0.25, -0.2) is 0 Å². The Hall–Kier alpha value is 0.0400. The molecule has 0 aromatic carbocycles. The van der Waals surface area contributed by atoms with Crippen molar-refractivity contribution in [2.75, 3.05) is 5.33 Å². The van der Waals surface area contributed by atoms with Crippen molar-refractivity contribution in [3.63, 3.8) is 0 Å². The fourth-order valence-electron chi connectivity index (χ4n) is 1.63. The minimum atomic E-state index is 1.10. The van der Waals surface area contributed by atoms with Crippen molar-refractivity contribution >= 4 is 15.9 Å². The minimum absolute atomic E-state index is 1.10. The van der Waals surface area contributed by atoms with Gasteiger partial charge < -0.3 is 0 Å². The summed E-state index contributed by atoms with van der Waals surface area (Å²) in [6.45, 7) is 2.22. The molecular formula is C15H27Br. The second-order valence-electron chi connectivity index (χ2n) is 4.37. The molecule has 1 heteroatoms. The van der Waals surface area contributed by atoms with E-state index in [1.54, 1.807) is 0 Å². The highest BCUT2D eigenvalue weighted by atomic mass is 79.9. The maximum atomic E-state index is 3.46. The Kier molecular flexibility index (Phi) is 15.1. The van der Waals surface area contributed by atoms with Gasteiger partial charge in [-0.3, -0.25) is 0 Å². The van der Waals surface area contributed by atoms with Crippen molar-refractivity contribution in [1.82, 2.24) is 0 Å². The van der Waals surface area contributed by atoms with Crippen molar-refractivity contribution in [3.8, 4) is 11.8 Å². The Morgan fingerprint density at radius 2 is 1.19 bits per heavy atom. The van der Waals surface area contributed by atoms with Crippen molar-refractivity contribution in [2.24, 2.45) is 0 Å². The molecule has 0 atom stereocenters. The predicted molar refractivity (Wildman–Crippen MR) is 78.0 cm³/mol. The van der Waals surface area contributed by atoms with Crippen LogP contribution in [-0.4, -0.2) is 5.33 Å². The highest BCUT2D eigenvalue weighted by Crippen LogP contribution is 2.08. The molecule has 0 aliphatic carbocycles. The first-order valence-corrected chi connectivity index (χ1v) is 8.05. The Morgan fingerprint density at radius 1 is 0.688 bits per heavy atom. The number of alkyl halides is 1. The lowest BCUT2D eigenvalue weighted by atomic mass is 10.1. The van der Waals surface area contributed by atoms with Crippen LogP contribution in [0, 0.1) is 11.8 Å². The highest BCUT2D eigenvalue weighted by molar-refractivity contribution is 9.09. The Bertz CT molecular complexity index is 176. The molecule has 0 rings (SSSR count). The summed E-state index contributed by atoms with van der Waals surface area (Å²) >= 11 is 3.46. The van der Waals surface area contributed by atoms with Gasteiger partial charge >= 0.3 is 0 Å².